The summed E-state index contributed by atoms with van der Waals surface area (Å²) in [6.07, 6.45) is 1.18. The molecular formula is C13H22N2O2S. The quantitative estimate of drug-likeness (QED) is 0.822. The Balaban J connectivity index is 2.46. The third-order valence-corrected chi connectivity index (χ3v) is 3.36. The molecule has 0 radical (unpaired) electrons. The Bertz CT molecular complexity index is 495. The highest BCUT2D eigenvalue weighted by atomic mass is 32.2. The molecule has 1 aromatic rings. The molecule has 5 heteroatoms. The van der Waals surface area contributed by atoms with Gasteiger partial charge in [0.05, 0.1) is 6.26 Å². The predicted molar refractivity (Wildman–Crippen MR) is 74.9 cm³/mol. The minimum atomic E-state index is -3.17. The van der Waals surface area contributed by atoms with Crippen LogP contribution in [0, 0.1) is 6.92 Å². The molecule has 0 saturated carbocycles. The van der Waals surface area contributed by atoms with E-state index in [2.05, 4.69) is 35.2 Å². The fourth-order valence-corrected chi connectivity index (χ4v) is 2.96. The Morgan fingerprint density at radius 2 is 1.94 bits per heavy atom. The molecule has 1 rings (SSSR count). The van der Waals surface area contributed by atoms with Gasteiger partial charge in [0.2, 0.25) is 10.0 Å². The maximum atomic E-state index is 11.2. The van der Waals surface area contributed by atoms with Crippen LogP contribution in [0.1, 0.15) is 25.0 Å². The first-order valence-electron chi connectivity index (χ1n) is 5.93. The highest BCUT2D eigenvalue weighted by molar-refractivity contribution is 7.88. The van der Waals surface area contributed by atoms with E-state index in [0.29, 0.717) is 6.54 Å². The van der Waals surface area contributed by atoms with Crippen LogP contribution < -0.4 is 10.0 Å². The summed E-state index contributed by atoms with van der Waals surface area (Å²) in [4.78, 5) is 0. The molecule has 2 N–H and O–H groups in total. The van der Waals surface area contributed by atoms with E-state index >= 15 is 0 Å². The van der Waals surface area contributed by atoms with Crippen LogP contribution in [0.5, 0.6) is 0 Å². The summed E-state index contributed by atoms with van der Waals surface area (Å²) in [5.74, 6) is 0. The summed E-state index contributed by atoms with van der Waals surface area (Å²) in [5, 5.41) is 3.26. The van der Waals surface area contributed by atoms with E-state index in [1.807, 2.05) is 19.9 Å². The maximum absolute atomic E-state index is 11.2. The zero-order valence-electron chi connectivity index (χ0n) is 11.4. The summed E-state index contributed by atoms with van der Waals surface area (Å²) < 4.78 is 25.0. The lowest BCUT2D eigenvalue weighted by Crippen LogP contribution is -2.49. The molecule has 0 aliphatic heterocycles. The molecule has 0 atom stereocenters. The molecule has 0 heterocycles. The average Bonchev–Trinajstić information content (AvgIpc) is 2.13. The minimum Gasteiger partial charge on any atom is -0.311 e. The van der Waals surface area contributed by atoms with Crippen molar-refractivity contribution in [3.05, 3.63) is 35.4 Å². The van der Waals surface area contributed by atoms with Crippen molar-refractivity contribution < 1.29 is 8.42 Å². The third-order valence-electron chi connectivity index (χ3n) is 2.44. The second-order valence-electron chi connectivity index (χ2n) is 5.35. The molecule has 0 aromatic heterocycles. The van der Waals surface area contributed by atoms with Crippen molar-refractivity contribution in [2.24, 2.45) is 0 Å². The van der Waals surface area contributed by atoms with Crippen molar-refractivity contribution >= 4 is 10.0 Å². The van der Waals surface area contributed by atoms with Crippen molar-refractivity contribution in [2.75, 3.05) is 12.8 Å². The molecule has 0 saturated heterocycles. The van der Waals surface area contributed by atoms with Gasteiger partial charge in [-0.1, -0.05) is 29.8 Å². The first-order valence-corrected chi connectivity index (χ1v) is 7.82. The van der Waals surface area contributed by atoms with Gasteiger partial charge in [-0.25, -0.2) is 13.1 Å². The highest BCUT2D eigenvalue weighted by Gasteiger charge is 2.21. The molecule has 1 aromatic carbocycles. The highest BCUT2D eigenvalue weighted by Crippen LogP contribution is 2.05. The normalized spacial score (nSPS) is 12.7. The fraction of sp³-hybridized carbons (Fsp3) is 0.538. The monoisotopic (exact) mass is 270 g/mol. The van der Waals surface area contributed by atoms with Gasteiger partial charge >= 0.3 is 0 Å². The molecule has 0 spiro atoms. The Kier molecular flexibility index (Phi) is 4.90. The summed E-state index contributed by atoms with van der Waals surface area (Å²) in [6.45, 7) is 7.08. The van der Waals surface area contributed by atoms with Crippen molar-refractivity contribution in [1.29, 1.82) is 0 Å². The zero-order chi connectivity index (χ0) is 13.8. The topological polar surface area (TPSA) is 58.2 Å². The molecule has 0 aliphatic rings. The van der Waals surface area contributed by atoms with Crippen LogP contribution >= 0.6 is 0 Å². The average molecular weight is 270 g/mol. The molecule has 0 aliphatic carbocycles. The van der Waals surface area contributed by atoms with Crippen molar-refractivity contribution in [1.82, 2.24) is 10.0 Å². The smallest absolute Gasteiger partial charge is 0.209 e. The van der Waals surface area contributed by atoms with Gasteiger partial charge in [0.1, 0.15) is 0 Å². The molecule has 0 bridgehead atoms. The van der Waals surface area contributed by atoms with Crippen LogP contribution in [0.2, 0.25) is 0 Å². The standard InChI is InChI=1S/C13H22N2O2S/c1-11-6-5-7-12(8-11)9-14-10-13(2,3)15-18(4,16)17/h5-8,14-15H,9-10H2,1-4H3. The maximum Gasteiger partial charge on any atom is 0.209 e. The fourth-order valence-electron chi connectivity index (χ4n) is 1.88. The Hall–Kier alpha value is -0.910. The van der Waals surface area contributed by atoms with E-state index in [-0.39, 0.29) is 0 Å². The summed E-state index contributed by atoms with van der Waals surface area (Å²) in [7, 11) is -3.17. The number of rotatable bonds is 6. The number of sulfonamides is 1. The van der Waals surface area contributed by atoms with Crippen LogP contribution in [-0.2, 0) is 16.6 Å². The zero-order valence-corrected chi connectivity index (χ0v) is 12.3. The van der Waals surface area contributed by atoms with Gasteiger partial charge in [-0.3, -0.25) is 0 Å². The van der Waals surface area contributed by atoms with E-state index < -0.39 is 15.6 Å². The van der Waals surface area contributed by atoms with Gasteiger partial charge in [0.25, 0.3) is 0 Å². The Morgan fingerprint density at radius 1 is 1.28 bits per heavy atom. The van der Waals surface area contributed by atoms with Crippen LogP contribution in [0.25, 0.3) is 0 Å². The van der Waals surface area contributed by atoms with Crippen molar-refractivity contribution in [2.45, 2.75) is 32.9 Å². The summed E-state index contributed by atoms with van der Waals surface area (Å²) >= 11 is 0. The lowest BCUT2D eigenvalue weighted by Gasteiger charge is -2.25. The number of hydrogen-bond donors (Lipinski definition) is 2. The third kappa shape index (κ3) is 6.14. The second kappa shape index (κ2) is 5.82. The van der Waals surface area contributed by atoms with Crippen molar-refractivity contribution in [3.8, 4) is 0 Å². The number of benzene rings is 1. The molecule has 0 amide bonds. The van der Waals surface area contributed by atoms with Crippen LogP contribution in [-0.4, -0.2) is 26.8 Å². The van der Waals surface area contributed by atoms with Gasteiger partial charge in [0.15, 0.2) is 0 Å². The van der Waals surface area contributed by atoms with Crippen LogP contribution in [0.15, 0.2) is 24.3 Å². The summed E-state index contributed by atoms with van der Waals surface area (Å²) in [6, 6.07) is 8.24. The number of nitrogens with one attached hydrogen (secondary N) is 2. The predicted octanol–water partition coefficient (Wildman–Crippen LogP) is 1.41. The first-order chi connectivity index (χ1) is 8.18. The molecule has 102 valence electrons. The molecule has 18 heavy (non-hydrogen) atoms. The van der Waals surface area contributed by atoms with E-state index in [0.717, 1.165) is 6.54 Å². The molecular weight excluding hydrogens is 248 g/mol. The van der Waals surface area contributed by atoms with Crippen LogP contribution in [0.3, 0.4) is 0 Å². The number of hydrogen-bond acceptors (Lipinski definition) is 3. The lowest BCUT2D eigenvalue weighted by atomic mass is 10.1. The molecule has 4 nitrogen and oxygen atoms in total. The molecule has 0 unspecified atom stereocenters. The number of aryl methyl sites for hydroxylation is 1. The SMILES string of the molecule is Cc1cccc(CNCC(C)(C)NS(C)(=O)=O)c1. The van der Waals surface area contributed by atoms with E-state index in [4.69, 9.17) is 0 Å². The largest absolute Gasteiger partial charge is 0.311 e. The first kappa shape index (κ1) is 15.1. The van der Waals surface area contributed by atoms with E-state index in [9.17, 15) is 8.42 Å². The second-order valence-corrected chi connectivity index (χ2v) is 7.10. The van der Waals surface area contributed by atoms with Gasteiger partial charge < -0.3 is 5.32 Å². The van der Waals surface area contributed by atoms with Gasteiger partial charge in [-0.15, -0.1) is 0 Å². The van der Waals surface area contributed by atoms with Crippen LogP contribution in [0.4, 0.5) is 0 Å². The van der Waals surface area contributed by atoms with E-state index in [1.54, 1.807) is 0 Å². The summed E-state index contributed by atoms with van der Waals surface area (Å²) in [5.41, 5.74) is 1.94. The van der Waals surface area contributed by atoms with Crippen molar-refractivity contribution in [3.63, 3.8) is 0 Å². The van der Waals surface area contributed by atoms with E-state index in [1.165, 1.54) is 17.4 Å². The lowest BCUT2D eigenvalue weighted by molar-refractivity contribution is 0.421. The van der Waals surface area contributed by atoms with Gasteiger partial charge in [-0.05, 0) is 26.3 Å². The Morgan fingerprint density at radius 3 is 2.50 bits per heavy atom. The minimum absolute atomic E-state index is 0.489. The van der Waals surface area contributed by atoms with Gasteiger partial charge in [-0.2, -0.15) is 0 Å². The Labute approximate surface area is 110 Å². The molecule has 0 fully saturated rings. The van der Waals surface area contributed by atoms with Gasteiger partial charge in [0, 0.05) is 18.6 Å².